The van der Waals surface area contributed by atoms with Gasteiger partial charge in [-0.25, -0.2) is 4.98 Å². The van der Waals surface area contributed by atoms with Crippen LogP contribution >= 0.6 is 0 Å². The van der Waals surface area contributed by atoms with E-state index < -0.39 is 18.1 Å². The van der Waals surface area contributed by atoms with Gasteiger partial charge in [-0.2, -0.15) is 13.2 Å². The summed E-state index contributed by atoms with van der Waals surface area (Å²) in [5, 5.41) is 9.11. The van der Waals surface area contributed by atoms with Crippen LogP contribution in [0, 0.1) is 11.8 Å². The summed E-state index contributed by atoms with van der Waals surface area (Å²) in [4.78, 5) is 21.0. The zero-order chi connectivity index (χ0) is 22.7. The lowest BCUT2D eigenvalue weighted by Crippen LogP contribution is -2.47. The smallest absolute Gasteiger partial charge is 0.421 e. The molecule has 4 rings (SSSR count). The number of halogens is 3. The van der Waals surface area contributed by atoms with Crippen LogP contribution < -0.4 is 9.64 Å². The molecule has 1 N–H and O–H groups in total. The lowest BCUT2D eigenvalue weighted by atomic mass is 9.78. The molecule has 2 fully saturated rings. The first-order chi connectivity index (χ1) is 15.3. The number of ketones is 1. The summed E-state index contributed by atoms with van der Waals surface area (Å²) >= 11 is 0. The molecule has 1 saturated heterocycles. The van der Waals surface area contributed by atoms with Crippen molar-refractivity contribution >= 4 is 11.6 Å². The molecule has 32 heavy (non-hydrogen) atoms. The number of aromatic nitrogens is 1. The van der Waals surface area contributed by atoms with E-state index in [2.05, 4.69) is 14.8 Å². The minimum absolute atomic E-state index is 0.0402. The Balaban J connectivity index is 1.15. The van der Waals surface area contributed by atoms with E-state index in [1.54, 1.807) is 0 Å². The molecular weight excluding hydrogens is 423 g/mol. The monoisotopic (exact) mass is 455 g/mol. The zero-order valence-corrected chi connectivity index (χ0v) is 18.3. The van der Waals surface area contributed by atoms with E-state index >= 15 is 0 Å². The molecule has 9 heteroatoms. The molecule has 1 atom stereocenters. The van der Waals surface area contributed by atoms with Crippen molar-refractivity contribution < 1.29 is 27.8 Å². The molecule has 3 aliphatic rings. The second kappa shape index (κ2) is 9.95. The van der Waals surface area contributed by atoms with Gasteiger partial charge in [0.25, 0.3) is 0 Å². The molecule has 0 spiro atoms. The highest BCUT2D eigenvalue weighted by Crippen LogP contribution is 2.36. The third kappa shape index (κ3) is 5.54. The fourth-order valence-corrected chi connectivity index (χ4v) is 5.17. The Morgan fingerprint density at radius 3 is 2.53 bits per heavy atom. The van der Waals surface area contributed by atoms with E-state index in [4.69, 9.17) is 9.84 Å². The van der Waals surface area contributed by atoms with Crippen molar-refractivity contribution in [2.24, 2.45) is 11.8 Å². The molecule has 0 amide bonds. The van der Waals surface area contributed by atoms with Gasteiger partial charge in [-0.3, -0.25) is 9.69 Å². The van der Waals surface area contributed by atoms with Crippen molar-refractivity contribution in [2.75, 3.05) is 44.2 Å². The number of nitrogens with zero attached hydrogens (tertiary/aromatic N) is 3. The largest absolute Gasteiger partial charge is 0.489 e. The molecule has 178 valence electrons. The van der Waals surface area contributed by atoms with Crippen LogP contribution in [0.15, 0.2) is 12.3 Å². The Bertz CT molecular complexity index is 788. The minimum Gasteiger partial charge on any atom is -0.489 e. The van der Waals surface area contributed by atoms with Gasteiger partial charge >= 0.3 is 6.18 Å². The van der Waals surface area contributed by atoms with Crippen molar-refractivity contribution in [3.05, 3.63) is 17.8 Å². The van der Waals surface area contributed by atoms with Gasteiger partial charge in [-0.15, -0.1) is 0 Å². The van der Waals surface area contributed by atoms with Crippen LogP contribution in [0.2, 0.25) is 0 Å². The van der Waals surface area contributed by atoms with Gasteiger partial charge in [-0.1, -0.05) is 12.8 Å². The van der Waals surface area contributed by atoms with E-state index in [-0.39, 0.29) is 12.3 Å². The van der Waals surface area contributed by atoms with Gasteiger partial charge in [-0.05, 0) is 43.7 Å². The fourth-order valence-electron chi connectivity index (χ4n) is 5.17. The first-order valence-corrected chi connectivity index (χ1v) is 11.7. The van der Waals surface area contributed by atoms with Gasteiger partial charge in [0.2, 0.25) is 6.10 Å². The number of aliphatic hydroxyl groups is 1. The third-order valence-electron chi connectivity index (χ3n) is 7.18. The summed E-state index contributed by atoms with van der Waals surface area (Å²) in [5.41, 5.74) is 1.24. The molecule has 6 nitrogen and oxygen atoms in total. The number of rotatable bonds is 7. The van der Waals surface area contributed by atoms with Crippen LogP contribution in [0.3, 0.4) is 0 Å². The van der Waals surface area contributed by atoms with E-state index in [1.807, 2.05) is 12.3 Å². The maximum atomic E-state index is 12.5. The zero-order valence-electron chi connectivity index (χ0n) is 18.3. The number of fused-ring (bicyclic) bond motifs is 1. The van der Waals surface area contributed by atoms with E-state index in [0.29, 0.717) is 5.92 Å². The number of Topliss-reactive ketones (excluding diaryl/α,β-unsaturated/α-hetero) is 1. The summed E-state index contributed by atoms with van der Waals surface area (Å²) in [7, 11) is 0. The summed E-state index contributed by atoms with van der Waals surface area (Å²) in [6.07, 6.45) is -0.564. The van der Waals surface area contributed by atoms with Crippen LogP contribution in [-0.2, 0) is 11.2 Å². The highest BCUT2D eigenvalue weighted by Gasteiger charge is 2.43. The maximum absolute atomic E-state index is 12.5. The Kier molecular flexibility index (Phi) is 7.24. The third-order valence-corrected chi connectivity index (χ3v) is 7.18. The molecule has 0 radical (unpaired) electrons. The van der Waals surface area contributed by atoms with Crippen LogP contribution in [0.1, 0.15) is 44.1 Å². The van der Waals surface area contributed by atoms with E-state index in [0.717, 1.165) is 89.4 Å². The van der Waals surface area contributed by atoms with Crippen LogP contribution in [0.4, 0.5) is 19.0 Å². The molecule has 2 aliphatic heterocycles. The van der Waals surface area contributed by atoms with Crippen LogP contribution in [-0.4, -0.2) is 72.4 Å². The van der Waals surface area contributed by atoms with Crippen LogP contribution in [0.25, 0.3) is 0 Å². The van der Waals surface area contributed by atoms with Crippen LogP contribution in [0.5, 0.6) is 5.75 Å². The van der Waals surface area contributed by atoms with Gasteiger partial charge in [0.15, 0.2) is 17.4 Å². The SMILES string of the molecule is O=C(CC1CCC(CCN2CCN(c3nccc4c3OCC4)CC2)CC1)C(O)C(F)(F)F. The molecule has 1 aromatic heterocycles. The molecule has 1 aliphatic carbocycles. The Labute approximate surface area is 186 Å². The van der Waals surface area contributed by atoms with Gasteiger partial charge in [0.05, 0.1) is 6.61 Å². The molecular formula is C23H32F3N3O3. The topological polar surface area (TPSA) is 65.9 Å². The predicted octanol–water partition coefficient (Wildman–Crippen LogP) is 3.22. The standard InChI is InChI=1S/C23H32F3N3O3/c24-23(25,26)21(31)19(30)15-17-3-1-16(2-4-17)6-9-28-10-12-29(13-11-28)22-20-18(5-8-27-22)7-14-32-20/h5,8,16-17,21,31H,1-4,6-7,9-15H2. The van der Waals surface area contributed by atoms with Gasteiger partial charge in [0.1, 0.15) is 0 Å². The predicted molar refractivity (Wildman–Crippen MR) is 114 cm³/mol. The first kappa shape index (κ1) is 23.3. The molecule has 3 heterocycles. The van der Waals surface area contributed by atoms with E-state index in [9.17, 15) is 18.0 Å². The number of pyridine rings is 1. The summed E-state index contributed by atoms with van der Waals surface area (Å²) in [6, 6.07) is 2.03. The highest BCUT2D eigenvalue weighted by molar-refractivity contribution is 5.83. The number of alkyl halides is 3. The number of hydrogen-bond donors (Lipinski definition) is 1. The Morgan fingerprint density at radius 2 is 1.84 bits per heavy atom. The highest BCUT2D eigenvalue weighted by atomic mass is 19.4. The number of hydrogen-bond acceptors (Lipinski definition) is 6. The second-order valence-electron chi connectivity index (χ2n) is 9.34. The first-order valence-electron chi connectivity index (χ1n) is 11.7. The van der Waals surface area contributed by atoms with Gasteiger partial charge in [0, 0.05) is 50.8 Å². The quantitative estimate of drug-likeness (QED) is 0.681. The molecule has 1 unspecified atom stereocenters. The minimum atomic E-state index is -4.86. The number of ether oxygens (including phenoxy) is 1. The van der Waals surface area contributed by atoms with Crippen molar-refractivity contribution in [1.82, 2.24) is 9.88 Å². The van der Waals surface area contributed by atoms with Crippen molar-refractivity contribution in [3.8, 4) is 5.75 Å². The van der Waals surface area contributed by atoms with Crippen molar-refractivity contribution in [3.63, 3.8) is 0 Å². The van der Waals surface area contributed by atoms with Crippen molar-refractivity contribution in [2.45, 2.75) is 57.2 Å². The summed E-state index contributed by atoms with van der Waals surface area (Å²) in [5.74, 6) is 1.32. The number of carbonyl (C=O) groups excluding carboxylic acids is 1. The number of aliphatic hydroxyl groups excluding tert-OH is 1. The molecule has 1 aromatic rings. The Hall–Kier alpha value is -1.87. The fraction of sp³-hybridized carbons (Fsp3) is 0.739. The average molecular weight is 456 g/mol. The maximum Gasteiger partial charge on any atom is 0.421 e. The average Bonchev–Trinajstić information content (AvgIpc) is 3.27. The molecule has 0 aromatic carbocycles. The Morgan fingerprint density at radius 1 is 1.16 bits per heavy atom. The van der Waals surface area contributed by atoms with Gasteiger partial charge < -0.3 is 14.7 Å². The normalized spacial score (nSPS) is 25.3. The lowest BCUT2D eigenvalue weighted by molar-refractivity contribution is -0.204. The molecule has 1 saturated carbocycles. The van der Waals surface area contributed by atoms with E-state index in [1.165, 1.54) is 5.56 Å². The number of piperazine rings is 1. The summed E-state index contributed by atoms with van der Waals surface area (Å²) in [6.45, 7) is 5.54. The number of carbonyl (C=O) groups is 1. The molecule has 0 bridgehead atoms. The summed E-state index contributed by atoms with van der Waals surface area (Å²) < 4.78 is 43.2. The number of anilines is 1. The lowest BCUT2D eigenvalue weighted by Gasteiger charge is -2.37. The van der Waals surface area contributed by atoms with Crippen molar-refractivity contribution in [1.29, 1.82) is 0 Å². The second-order valence-corrected chi connectivity index (χ2v) is 9.34.